The summed E-state index contributed by atoms with van der Waals surface area (Å²) in [5.41, 5.74) is 0.512. The van der Waals surface area contributed by atoms with Crippen LogP contribution in [0.4, 0.5) is 0 Å². The van der Waals surface area contributed by atoms with Gasteiger partial charge >= 0.3 is 5.97 Å². The second kappa shape index (κ2) is 7.38. The van der Waals surface area contributed by atoms with Crippen LogP contribution >= 0.6 is 6.04 Å². The molecule has 0 radical (unpaired) electrons. The molecule has 1 atom stereocenters. The van der Waals surface area contributed by atoms with E-state index in [4.69, 9.17) is 16.5 Å². The molecule has 0 spiro atoms. The first-order chi connectivity index (χ1) is 9.66. The number of carbonyl (C=O) groups is 1. The quantitative estimate of drug-likeness (QED) is 0.613. The number of rotatable bonds is 5. The van der Waals surface area contributed by atoms with Crippen molar-refractivity contribution in [2.45, 2.75) is 44.7 Å². The number of ether oxygens (including phenoxy) is 1. The number of carbonyl (C=O) groups excluding carboxylic acids is 1. The molecule has 0 bridgehead atoms. The minimum atomic E-state index is -1.87. The van der Waals surface area contributed by atoms with Gasteiger partial charge in [0.05, 0.1) is 12.8 Å². The van der Waals surface area contributed by atoms with Crippen molar-refractivity contribution in [2.75, 3.05) is 12.8 Å². The third kappa shape index (κ3) is 3.71. The minimum absolute atomic E-state index is 0.120. The van der Waals surface area contributed by atoms with E-state index in [0.29, 0.717) is 18.4 Å². The van der Waals surface area contributed by atoms with Crippen LogP contribution in [0.25, 0.3) is 0 Å². The highest BCUT2D eigenvalue weighted by Crippen LogP contribution is 2.54. The molecule has 0 amide bonds. The van der Waals surface area contributed by atoms with E-state index in [1.165, 1.54) is 37.4 Å². The van der Waals surface area contributed by atoms with Crippen molar-refractivity contribution >= 4 is 29.1 Å². The molecule has 1 fully saturated rings. The average Bonchev–Trinajstić information content (AvgIpc) is 2.49. The maximum absolute atomic E-state index is 12.0. The predicted octanol–water partition coefficient (Wildman–Crippen LogP) is 3.69. The number of hydrogen-bond donors (Lipinski definition) is 0. The summed E-state index contributed by atoms with van der Waals surface area (Å²) in [4.78, 5) is 12.0. The van der Waals surface area contributed by atoms with E-state index in [0.717, 1.165) is 0 Å². The fourth-order valence-corrected chi connectivity index (χ4v) is 7.54. The van der Waals surface area contributed by atoms with E-state index < -0.39 is 6.04 Å². The van der Waals surface area contributed by atoms with Crippen LogP contribution in [0.1, 0.15) is 39.0 Å². The Morgan fingerprint density at radius 3 is 2.50 bits per heavy atom. The molecule has 0 heterocycles. The Morgan fingerprint density at radius 2 is 1.90 bits per heavy atom. The molecule has 1 aliphatic rings. The van der Waals surface area contributed by atoms with E-state index in [2.05, 4.69) is 12.1 Å². The van der Waals surface area contributed by atoms with Crippen molar-refractivity contribution in [3.05, 3.63) is 30.3 Å². The molecule has 2 rings (SSSR count). The van der Waals surface area contributed by atoms with Crippen LogP contribution in [-0.2, 0) is 21.3 Å². The van der Waals surface area contributed by atoms with Crippen LogP contribution in [0.5, 0.6) is 0 Å². The molecule has 4 heteroatoms. The SMILES string of the molecule is CCOC(=O)CP(=S)(c1ccccc1)C1CCCCC1. The van der Waals surface area contributed by atoms with Crippen molar-refractivity contribution in [3.63, 3.8) is 0 Å². The van der Waals surface area contributed by atoms with Gasteiger partial charge in [-0.25, -0.2) is 0 Å². The van der Waals surface area contributed by atoms with Crippen LogP contribution < -0.4 is 5.30 Å². The molecule has 1 unspecified atom stereocenters. The highest BCUT2D eigenvalue weighted by molar-refractivity contribution is 8.18. The van der Waals surface area contributed by atoms with Gasteiger partial charge in [0.15, 0.2) is 0 Å². The molecule has 1 aromatic carbocycles. The number of benzene rings is 1. The van der Waals surface area contributed by atoms with Gasteiger partial charge in [-0.05, 0) is 36.8 Å². The van der Waals surface area contributed by atoms with Gasteiger partial charge in [-0.3, -0.25) is 4.79 Å². The second-order valence-electron chi connectivity index (χ2n) is 5.39. The lowest BCUT2D eigenvalue weighted by Gasteiger charge is -2.33. The standard InChI is InChI=1S/C16H23O2PS/c1-2-18-16(17)13-19(20,14-9-5-3-6-10-14)15-11-7-4-8-12-15/h3,5-6,9-10,15H,2,4,7-8,11-13H2,1H3. The first kappa shape index (κ1) is 15.7. The van der Waals surface area contributed by atoms with Crippen LogP contribution in [0.2, 0.25) is 0 Å². The third-order valence-corrected chi connectivity index (χ3v) is 9.54. The van der Waals surface area contributed by atoms with Gasteiger partial charge in [-0.2, -0.15) is 0 Å². The molecular weight excluding hydrogens is 287 g/mol. The van der Waals surface area contributed by atoms with Crippen molar-refractivity contribution < 1.29 is 9.53 Å². The summed E-state index contributed by atoms with van der Waals surface area (Å²) in [6.45, 7) is 2.29. The average molecular weight is 310 g/mol. The van der Waals surface area contributed by atoms with E-state index in [-0.39, 0.29) is 5.97 Å². The van der Waals surface area contributed by atoms with Crippen LogP contribution in [-0.4, -0.2) is 24.4 Å². The lowest BCUT2D eigenvalue weighted by atomic mass is 10.0. The van der Waals surface area contributed by atoms with E-state index in [9.17, 15) is 4.79 Å². The Hall–Kier alpha value is -0.660. The fraction of sp³-hybridized carbons (Fsp3) is 0.562. The number of esters is 1. The second-order valence-corrected chi connectivity index (χ2v) is 10.5. The van der Waals surface area contributed by atoms with Crippen LogP contribution in [0.3, 0.4) is 0 Å². The van der Waals surface area contributed by atoms with Gasteiger partial charge in [0.1, 0.15) is 0 Å². The van der Waals surface area contributed by atoms with Gasteiger partial charge in [0.2, 0.25) is 0 Å². The first-order valence-electron chi connectivity index (χ1n) is 7.47. The zero-order valence-electron chi connectivity index (χ0n) is 12.1. The molecule has 0 saturated heterocycles. The highest BCUT2D eigenvalue weighted by Gasteiger charge is 2.33. The van der Waals surface area contributed by atoms with Crippen molar-refractivity contribution in [2.24, 2.45) is 0 Å². The Balaban J connectivity index is 2.27. The largest absolute Gasteiger partial charge is 0.466 e. The molecule has 2 nitrogen and oxygen atoms in total. The summed E-state index contributed by atoms with van der Waals surface area (Å²) in [6, 6.07) is 8.41. The summed E-state index contributed by atoms with van der Waals surface area (Å²) in [5, 5.41) is 1.20. The minimum Gasteiger partial charge on any atom is -0.466 e. The normalized spacial score (nSPS) is 19.2. The topological polar surface area (TPSA) is 26.3 Å². The molecule has 1 aromatic rings. The molecule has 20 heavy (non-hydrogen) atoms. The first-order valence-corrected chi connectivity index (χ1v) is 10.5. The Bertz CT molecular complexity index is 481. The van der Waals surface area contributed by atoms with Crippen molar-refractivity contribution in [1.82, 2.24) is 0 Å². The summed E-state index contributed by atoms with van der Waals surface area (Å²) in [6.07, 6.45) is 6.57. The predicted molar refractivity (Wildman–Crippen MR) is 88.7 cm³/mol. The molecule has 1 saturated carbocycles. The van der Waals surface area contributed by atoms with E-state index >= 15 is 0 Å². The summed E-state index contributed by atoms with van der Waals surface area (Å²) >= 11 is 6.09. The van der Waals surface area contributed by atoms with Crippen molar-refractivity contribution in [1.29, 1.82) is 0 Å². The zero-order chi connectivity index (χ0) is 14.4. The third-order valence-electron chi connectivity index (χ3n) is 4.03. The number of hydrogen-bond acceptors (Lipinski definition) is 3. The Kier molecular flexibility index (Phi) is 5.80. The Morgan fingerprint density at radius 1 is 1.25 bits per heavy atom. The molecule has 110 valence electrons. The lowest BCUT2D eigenvalue weighted by molar-refractivity contribution is -0.139. The van der Waals surface area contributed by atoms with Gasteiger partial charge in [-0.1, -0.05) is 61.4 Å². The van der Waals surface area contributed by atoms with Gasteiger partial charge in [0, 0.05) is 0 Å². The van der Waals surface area contributed by atoms with Crippen LogP contribution in [0.15, 0.2) is 30.3 Å². The molecule has 0 aliphatic heterocycles. The summed E-state index contributed by atoms with van der Waals surface area (Å²) < 4.78 is 5.17. The lowest BCUT2D eigenvalue weighted by Crippen LogP contribution is -2.26. The van der Waals surface area contributed by atoms with E-state index in [1.54, 1.807) is 0 Å². The molecular formula is C16H23O2PS. The summed E-state index contributed by atoms with van der Waals surface area (Å²) in [5.74, 6) is -0.120. The van der Waals surface area contributed by atoms with Crippen LogP contribution in [0, 0.1) is 0 Å². The van der Waals surface area contributed by atoms with Crippen molar-refractivity contribution in [3.8, 4) is 0 Å². The van der Waals surface area contributed by atoms with E-state index in [1.807, 2.05) is 25.1 Å². The highest BCUT2D eigenvalue weighted by atomic mass is 32.4. The van der Waals surface area contributed by atoms with Gasteiger partial charge in [0.25, 0.3) is 0 Å². The van der Waals surface area contributed by atoms with Gasteiger partial charge in [-0.15, -0.1) is 0 Å². The fourth-order valence-electron chi connectivity index (χ4n) is 3.01. The maximum Gasteiger partial charge on any atom is 0.311 e. The molecule has 0 aromatic heterocycles. The zero-order valence-corrected chi connectivity index (χ0v) is 13.8. The molecule has 0 N–H and O–H groups in total. The monoisotopic (exact) mass is 310 g/mol. The van der Waals surface area contributed by atoms with Gasteiger partial charge < -0.3 is 4.74 Å². The maximum atomic E-state index is 12.0. The summed E-state index contributed by atoms with van der Waals surface area (Å²) in [7, 11) is 0. The smallest absolute Gasteiger partial charge is 0.311 e. The Labute approximate surface area is 126 Å². The molecule has 1 aliphatic carbocycles.